The lowest BCUT2D eigenvalue weighted by atomic mass is 10.00. The Labute approximate surface area is 325 Å². The SMILES string of the molecule is [2H]C([2H])([2H])OCC([2H])([2H])N1C([2H])([2H])C([2H])([2H])C([2H])(N(Cc2ccc(-c3ccc(C(F)(F)F)cc3)cc2)C(=O)C([2H])([2H])n2c(SCc3cccc(F)c3F)cc(=O)c3ccccc32)C([2H])([2H])C1([2H])[2H]. The first-order valence-electron chi connectivity index (χ1n) is 23.3. The number of para-hydroxylation sites is 1. The molecule has 0 spiro atoms. The zero-order chi connectivity index (χ0) is 51.0. The quantitative estimate of drug-likeness (QED) is 0.0948. The first kappa shape index (κ1) is 21.9. The minimum absolute atomic E-state index is 0.130. The summed E-state index contributed by atoms with van der Waals surface area (Å²) in [6, 6.07) is 13.6. The fraction of sp³-hybridized carbons (Fsp3) is 0.300. The van der Waals surface area contributed by atoms with Crippen molar-refractivity contribution in [1.29, 1.82) is 0 Å². The van der Waals surface area contributed by atoms with Crippen molar-refractivity contribution in [2.24, 2.45) is 0 Å². The molecule has 2 heterocycles. The highest BCUT2D eigenvalue weighted by molar-refractivity contribution is 7.98. The number of amides is 1. The summed E-state index contributed by atoms with van der Waals surface area (Å²) in [6.07, 6.45) is -13.4. The van der Waals surface area contributed by atoms with Gasteiger partial charge in [0.25, 0.3) is 0 Å². The Morgan fingerprint density at radius 2 is 1.69 bits per heavy atom. The largest absolute Gasteiger partial charge is 0.416 e. The fourth-order valence-electron chi connectivity index (χ4n) is 5.12. The average molecular weight is 752 g/mol. The number of carbonyl (C=O) groups excluding carboxylic acids is 1. The van der Waals surface area contributed by atoms with Crippen molar-refractivity contribution in [2.45, 2.75) is 48.8 Å². The molecule has 272 valence electrons. The number of nitrogens with zero attached hydrogens (tertiary/aromatic N) is 3. The van der Waals surface area contributed by atoms with E-state index in [1.54, 1.807) is 0 Å². The normalized spacial score (nSPS) is 24.0. The molecule has 1 amide bonds. The smallest absolute Gasteiger partial charge is 0.383 e. The monoisotopic (exact) mass is 751 g/mol. The average Bonchev–Trinajstić information content (AvgIpc) is 3.23. The Bertz CT molecular complexity index is 2750. The van der Waals surface area contributed by atoms with Gasteiger partial charge in [-0.2, -0.15) is 13.2 Å². The Morgan fingerprint density at radius 1 is 1.00 bits per heavy atom. The van der Waals surface area contributed by atoms with Gasteiger partial charge in [-0.3, -0.25) is 9.59 Å². The number of halogens is 5. The second kappa shape index (κ2) is 16.4. The van der Waals surface area contributed by atoms with E-state index in [1.165, 1.54) is 60.7 Å². The molecule has 0 radical (unpaired) electrons. The number of ether oxygens (including phenoxy) is 1. The molecule has 52 heavy (non-hydrogen) atoms. The highest BCUT2D eigenvalue weighted by Gasteiger charge is 2.31. The molecule has 0 N–H and O–H groups in total. The molecule has 5 aromatic rings. The summed E-state index contributed by atoms with van der Waals surface area (Å²) in [5.74, 6) is -5.12. The molecule has 6 rings (SSSR count). The van der Waals surface area contributed by atoms with Crippen molar-refractivity contribution >= 4 is 28.6 Å². The van der Waals surface area contributed by atoms with Gasteiger partial charge in [-0.1, -0.05) is 60.7 Å². The number of methoxy groups -OCH3 is 1. The van der Waals surface area contributed by atoms with Crippen molar-refractivity contribution in [2.75, 3.05) is 33.1 Å². The summed E-state index contributed by atoms with van der Waals surface area (Å²) in [7, 11) is -3.38. The van der Waals surface area contributed by atoms with Gasteiger partial charge in [0.2, 0.25) is 5.91 Å². The van der Waals surface area contributed by atoms with Crippen molar-refractivity contribution in [3.8, 4) is 11.1 Å². The minimum Gasteiger partial charge on any atom is -0.383 e. The van der Waals surface area contributed by atoms with Crippen LogP contribution in [-0.4, -0.2) is 59.4 Å². The molecule has 1 aliphatic rings. The molecular formula is C40H38F5N3O3S. The number of carbonyl (C=O) groups is 1. The van der Waals surface area contributed by atoms with Gasteiger partial charge < -0.3 is 19.1 Å². The van der Waals surface area contributed by atoms with Gasteiger partial charge in [0.05, 0.1) is 30.9 Å². The summed E-state index contributed by atoms with van der Waals surface area (Å²) in [5.41, 5.74) is -2.07. The van der Waals surface area contributed by atoms with Crippen LogP contribution in [-0.2, 0) is 34.5 Å². The van der Waals surface area contributed by atoms with E-state index >= 15 is 4.79 Å². The van der Waals surface area contributed by atoms with Crippen molar-refractivity contribution in [3.05, 3.63) is 136 Å². The molecule has 6 nitrogen and oxygen atoms in total. The van der Waals surface area contributed by atoms with Gasteiger partial charge in [0.15, 0.2) is 17.1 Å². The number of aromatic nitrogens is 1. The van der Waals surface area contributed by atoms with Gasteiger partial charge >= 0.3 is 6.18 Å². The van der Waals surface area contributed by atoms with Gasteiger partial charge in [0.1, 0.15) is 6.50 Å². The first-order chi connectivity index (χ1) is 31.1. The third-order valence-corrected chi connectivity index (χ3v) is 8.77. The third kappa shape index (κ3) is 8.74. The second-order valence-electron chi connectivity index (χ2n) is 11.1. The summed E-state index contributed by atoms with van der Waals surface area (Å²) in [5, 5.41) is -0.686. The van der Waals surface area contributed by atoms with E-state index in [9.17, 15) is 36.3 Å². The molecule has 1 aromatic heterocycles. The van der Waals surface area contributed by atoms with Crippen LogP contribution in [0, 0.1) is 11.6 Å². The number of benzene rings is 4. The predicted octanol–water partition coefficient (Wildman–Crippen LogP) is 8.40. The van der Waals surface area contributed by atoms with E-state index in [2.05, 4.69) is 4.74 Å². The van der Waals surface area contributed by atoms with E-state index in [4.69, 9.17) is 12.3 Å². The molecule has 12 heteroatoms. The van der Waals surface area contributed by atoms with E-state index in [0.29, 0.717) is 16.3 Å². The van der Waals surface area contributed by atoms with Crippen LogP contribution in [0.15, 0.2) is 107 Å². The van der Waals surface area contributed by atoms with Crippen molar-refractivity contribution in [1.82, 2.24) is 14.4 Å². The molecule has 1 saturated heterocycles. The number of hydrogen-bond acceptors (Lipinski definition) is 5. The highest BCUT2D eigenvalue weighted by atomic mass is 32.2. The third-order valence-electron chi connectivity index (χ3n) is 7.72. The minimum atomic E-state index is -4.67. The fourth-order valence-corrected chi connectivity index (χ4v) is 6.11. The Kier molecular flexibility index (Phi) is 6.91. The van der Waals surface area contributed by atoms with Crippen LogP contribution in [0.25, 0.3) is 22.0 Å². The summed E-state index contributed by atoms with van der Waals surface area (Å²) in [4.78, 5) is 28.1. The molecule has 0 bridgehead atoms. The Hall–Kier alpha value is -4.52. The van der Waals surface area contributed by atoms with Crippen molar-refractivity contribution in [3.63, 3.8) is 0 Å². The van der Waals surface area contributed by atoms with Crippen LogP contribution in [0.1, 0.15) is 51.4 Å². The van der Waals surface area contributed by atoms with E-state index in [0.717, 1.165) is 36.4 Å². The van der Waals surface area contributed by atoms with Crippen LogP contribution in [0.2, 0.25) is 0 Å². The van der Waals surface area contributed by atoms with Crippen LogP contribution >= 0.6 is 11.8 Å². The first-order valence-corrected chi connectivity index (χ1v) is 16.3. The molecule has 0 aliphatic carbocycles. The van der Waals surface area contributed by atoms with Crippen LogP contribution in [0.5, 0.6) is 0 Å². The Morgan fingerprint density at radius 3 is 2.38 bits per heavy atom. The summed E-state index contributed by atoms with van der Waals surface area (Å²) < 4.78 is 214. The number of piperidine rings is 1. The lowest BCUT2D eigenvalue weighted by Gasteiger charge is -2.39. The topological polar surface area (TPSA) is 54.8 Å². The van der Waals surface area contributed by atoms with Gasteiger partial charge in [-0.15, -0.1) is 11.8 Å². The summed E-state index contributed by atoms with van der Waals surface area (Å²) >= 11 is 0.525. The maximum absolute atomic E-state index is 15.4. The number of thioether (sulfide) groups is 1. The number of alkyl halides is 3. The molecule has 0 unspecified atom stereocenters. The lowest BCUT2D eigenvalue weighted by Crippen LogP contribution is -2.48. The van der Waals surface area contributed by atoms with E-state index < -0.39 is 115 Å². The van der Waals surface area contributed by atoms with E-state index in [1.807, 2.05) is 0 Å². The number of fused-ring (bicyclic) bond motifs is 1. The van der Waals surface area contributed by atoms with Crippen LogP contribution in [0.3, 0.4) is 0 Å². The highest BCUT2D eigenvalue weighted by Crippen LogP contribution is 2.32. The molecule has 0 saturated carbocycles. The second-order valence-corrected chi connectivity index (χ2v) is 12.1. The van der Waals surface area contributed by atoms with Crippen LogP contribution in [0.4, 0.5) is 22.0 Å². The Balaban J connectivity index is 1.57. The molecule has 1 fully saturated rings. The van der Waals surface area contributed by atoms with Crippen molar-refractivity contribution < 1.29 is 53.4 Å². The standard InChI is InChI=1S/C40H38F5N3O3S/c1-51-22-21-46-19-17-32(18-20-46)47(24-27-9-11-28(12-10-27)29-13-15-31(16-14-29)40(43,44)45)37(50)25-48-35-8-3-2-6-33(35)36(49)23-38(48)52-26-30-5-4-7-34(41)39(30)42/h2-16,23,32H,17-22,24-26H2,1H3/i1D3,17D2,18D2,19D2,20D2,21D2,25D2,32D. The van der Waals surface area contributed by atoms with E-state index in [-0.39, 0.29) is 38.1 Å². The maximum Gasteiger partial charge on any atom is 0.416 e. The predicted molar refractivity (Wildman–Crippen MR) is 193 cm³/mol. The molecule has 0 atom stereocenters. The van der Waals surface area contributed by atoms with Gasteiger partial charge in [-0.25, -0.2) is 8.78 Å². The lowest BCUT2D eigenvalue weighted by molar-refractivity contribution is -0.137. The van der Waals surface area contributed by atoms with Gasteiger partial charge in [-0.05, 0) is 59.8 Å². The molecule has 4 aromatic carbocycles. The summed E-state index contributed by atoms with van der Waals surface area (Å²) in [6.45, 7) is -19.0. The number of hydrogen-bond donors (Lipinski definition) is 0. The number of likely N-dealkylation sites (tertiary alicyclic amines) is 1. The molecular weight excluding hydrogens is 698 g/mol. The number of pyridine rings is 1. The maximum atomic E-state index is 15.4. The zero-order valence-electron chi connectivity index (χ0n) is 42.7. The van der Waals surface area contributed by atoms with Gasteiger partial charge in [0, 0.05) is 75.6 Å². The zero-order valence-corrected chi connectivity index (χ0v) is 27.5. The molecule has 1 aliphatic heterocycles. The van der Waals surface area contributed by atoms with Crippen LogP contribution < -0.4 is 5.43 Å². The number of rotatable bonds is 12.